The summed E-state index contributed by atoms with van der Waals surface area (Å²) >= 11 is 0. The lowest BCUT2D eigenvalue weighted by Gasteiger charge is -2.24. The molecule has 1 atom stereocenters. The van der Waals surface area contributed by atoms with Gasteiger partial charge in [-0.2, -0.15) is 0 Å². The van der Waals surface area contributed by atoms with Crippen molar-refractivity contribution in [3.8, 4) is 0 Å². The second-order valence-electron chi connectivity index (χ2n) is 7.59. The van der Waals surface area contributed by atoms with Crippen molar-refractivity contribution in [1.29, 1.82) is 0 Å². The summed E-state index contributed by atoms with van der Waals surface area (Å²) in [5, 5.41) is 7.13. The van der Waals surface area contributed by atoms with Crippen molar-refractivity contribution in [3.05, 3.63) is 77.9 Å². The summed E-state index contributed by atoms with van der Waals surface area (Å²) in [6, 6.07) is 18.7. The van der Waals surface area contributed by atoms with Crippen molar-refractivity contribution >= 4 is 40.3 Å². The average molecular weight is 431 g/mol. The van der Waals surface area contributed by atoms with E-state index in [0.717, 1.165) is 15.7 Å². The van der Waals surface area contributed by atoms with Crippen LogP contribution in [0.5, 0.6) is 0 Å². The monoisotopic (exact) mass is 431 g/mol. The number of carbonyl (C=O) groups excluding carboxylic acids is 4. The average Bonchev–Trinajstić information content (AvgIpc) is 3.02. The van der Waals surface area contributed by atoms with Crippen molar-refractivity contribution in [3.63, 3.8) is 0 Å². The van der Waals surface area contributed by atoms with E-state index in [4.69, 9.17) is 0 Å². The van der Waals surface area contributed by atoms with Crippen LogP contribution in [0.25, 0.3) is 10.8 Å². The largest absolute Gasteiger partial charge is 0.465 e. The van der Waals surface area contributed by atoms with E-state index < -0.39 is 35.9 Å². The molecule has 0 bridgehead atoms. The Morgan fingerprint density at radius 2 is 1.75 bits per heavy atom. The number of nitrogens with one attached hydrogen (secondary N) is 2. The Bertz CT molecular complexity index is 1250. The molecule has 162 valence electrons. The van der Waals surface area contributed by atoms with Gasteiger partial charge in [0.2, 0.25) is 5.91 Å². The fraction of sp³-hybridized carbons (Fsp3) is 0.167. The van der Waals surface area contributed by atoms with Gasteiger partial charge in [-0.1, -0.05) is 48.5 Å². The van der Waals surface area contributed by atoms with Gasteiger partial charge >= 0.3 is 12.0 Å². The Labute approximate surface area is 184 Å². The topological polar surface area (TPSA) is 105 Å². The molecule has 0 spiro atoms. The van der Waals surface area contributed by atoms with Gasteiger partial charge in [0.15, 0.2) is 0 Å². The van der Waals surface area contributed by atoms with Gasteiger partial charge in [-0.3, -0.25) is 14.5 Å². The Morgan fingerprint density at radius 1 is 1.03 bits per heavy atom. The van der Waals surface area contributed by atoms with Crippen LogP contribution in [-0.4, -0.2) is 42.4 Å². The van der Waals surface area contributed by atoms with Crippen molar-refractivity contribution in [1.82, 2.24) is 10.2 Å². The van der Waals surface area contributed by atoms with Crippen LogP contribution in [-0.2, 0) is 19.9 Å². The maximum atomic E-state index is 13.3. The zero-order chi connectivity index (χ0) is 22.9. The lowest BCUT2D eigenvalue weighted by atomic mass is 9.88. The molecule has 0 aromatic heterocycles. The van der Waals surface area contributed by atoms with E-state index in [1.165, 1.54) is 13.2 Å². The third-order valence-electron chi connectivity index (χ3n) is 5.47. The molecule has 0 saturated carbocycles. The molecule has 3 aromatic carbocycles. The molecule has 32 heavy (non-hydrogen) atoms. The van der Waals surface area contributed by atoms with Crippen LogP contribution in [0.15, 0.2) is 66.7 Å². The van der Waals surface area contributed by atoms with Crippen LogP contribution in [0.4, 0.5) is 10.5 Å². The van der Waals surface area contributed by atoms with Gasteiger partial charge in [-0.25, -0.2) is 9.59 Å². The Hall–Kier alpha value is -4.20. The second kappa shape index (κ2) is 8.14. The molecule has 1 fully saturated rings. The van der Waals surface area contributed by atoms with Crippen LogP contribution in [0.2, 0.25) is 0 Å². The van der Waals surface area contributed by atoms with Gasteiger partial charge in [0.05, 0.1) is 12.7 Å². The lowest BCUT2D eigenvalue weighted by Crippen LogP contribution is -2.42. The van der Waals surface area contributed by atoms with E-state index in [-0.39, 0.29) is 5.56 Å². The molecule has 4 amide bonds. The zero-order valence-electron chi connectivity index (χ0n) is 17.5. The molecule has 4 rings (SSSR count). The second-order valence-corrected chi connectivity index (χ2v) is 7.59. The minimum absolute atomic E-state index is 0.267. The normalized spacial score (nSPS) is 17.9. The Morgan fingerprint density at radius 3 is 2.53 bits per heavy atom. The van der Waals surface area contributed by atoms with Gasteiger partial charge in [0.25, 0.3) is 5.91 Å². The Balaban J connectivity index is 1.54. The van der Waals surface area contributed by atoms with Gasteiger partial charge in [-0.15, -0.1) is 0 Å². The summed E-state index contributed by atoms with van der Waals surface area (Å²) in [4.78, 5) is 51.0. The number of hydrogen-bond donors (Lipinski definition) is 2. The molecule has 2 N–H and O–H groups in total. The van der Waals surface area contributed by atoms with E-state index in [2.05, 4.69) is 15.4 Å². The number of benzene rings is 3. The summed E-state index contributed by atoms with van der Waals surface area (Å²) in [6.07, 6.45) is 0. The van der Waals surface area contributed by atoms with Gasteiger partial charge < -0.3 is 15.4 Å². The third kappa shape index (κ3) is 3.66. The molecular weight excluding hydrogens is 410 g/mol. The summed E-state index contributed by atoms with van der Waals surface area (Å²) in [5.74, 6) is -1.63. The number of fused-ring (bicyclic) bond motifs is 1. The smallest absolute Gasteiger partial charge is 0.337 e. The van der Waals surface area contributed by atoms with E-state index >= 15 is 0 Å². The van der Waals surface area contributed by atoms with Crippen LogP contribution in [0.3, 0.4) is 0 Å². The molecule has 8 nitrogen and oxygen atoms in total. The molecule has 3 aromatic rings. The van der Waals surface area contributed by atoms with E-state index in [1.807, 2.05) is 36.4 Å². The molecular formula is C24H21N3O5. The van der Waals surface area contributed by atoms with Crippen LogP contribution >= 0.6 is 0 Å². The molecule has 1 aliphatic heterocycles. The number of rotatable bonds is 5. The van der Waals surface area contributed by atoms with Crippen molar-refractivity contribution < 1.29 is 23.9 Å². The zero-order valence-corrected chi connectivity index (χ0v) is 17.5. The molecule has 1 unspecified atom stereocenters. The molecule has 8 heteroatoms. The quantitative estimate of drug-likeness (QED) is 0.477. The number of anilines is 1. The fourth-order valence-corrected chi connectivity index (χ4v) is 3.87. The fourth-order valence-electron chi connectivity index (χ4n) is 3.87. The number of amides is 4. The first-order valence-electron chi connectivity index (χ1n) is 9.94. The van der Waals surface area contributed by atoms with E-state index in [0.29, 0.717) is 11.3 Å². The predicted molar refractivity (Wildman–Crippen MR) is 118 cm³/mol. The maximum Gasteiger partial charge on any atom is 0.337 e. The van der Waals surface area contributed by atoms with Crippen LogP contribution in [0.1, 0.15) is 22.8 Å². The van der Waals surface area contributed by atoms with E-state index in [1.54, 1.807) is 31.2 Å². The number of methoxy groups -OCH3 is 1. The molecule has 0 aliphatic carbocycles. The minimum atomic E-state index is -1.30. The van der Waals surface area contributed by atoms with Gasteiger partial charge in [0.1, 0.15) is 12.1 Å². The summed E-state index contributed by atoms with van der Waals surface area (Å²) in [6.45, 7) is 1.17. The number of hydrogen-bond acceptors (Lipinski definition) is 5. The van der Waals surface area contributed by atoms with Crippen LogP contribution < -0.4 is 10.6 Å². The minimum Gasteiger partial charge on any atom is -0.465 e. The number of imide groups is 1. The molecule has 1 heterocycles. The predicted octanol–water partition coefficient (Wildman–Crippen LogP) is 3.03. The van der Waals surface area contributed by atoms with Gasteiger partial charge in [0, 0.05) is 5.69 Å². The number of esters is 1. The number of ether oxygens (including phenoxy) is 1. The number of carbonyl (C=O) groups is 4. The van der Waals surface area contributed by atoms with Gasteiger partial charge in [-0.05, 0) is 41.5 Å². The number of nitrogens with zero attached hydrogens (tertiary/aromatic N) is 1. The molecule has 0 radical (unpaired) electrons. The summed E-state index contributed by atoms with van der Waals surface area (Å²) in [7, 11) is 1.26. The molecule has 1 saturated heterocycles. The first-order chi connectivity index (χ1) is 15.3. The highest BCUT2D eigenvalue weighted by atomic mass is 16.5. The third-order valence-corrected chi connectivity index (χ3v) is 5.47. The highest BCUT2D eigenvalue weighted by molar-refractivity contribution is 6.11. The van der Waals surface area contributed by atoms with Crippen molar-refractivity contribution in [2.24, 2.45) is 0 Å². The van der Waals surface area contributed by atoms with Crippen molar-refractivity contribution in [2.75, 3.05) is 19.0 Å². The van der Waals surface area contributed by atoms with Crippen LogP contribution in [0, 0.1) is 0 Å². The standard InChI is InChI=1S/C24H21N3O5/c1-24(19-12-6-8-15-7-3-4-11-18(15)19)22(30)27(23(31)26-24)14-20(28)25-17-10-5-9-16(13-17)21(29)32-2/h3-13H,14H2,1-2H3,(H,25,28)(H,26,31). The summed E-state index contributed by atoms with van der Waals surface area (Å²) in [5.41, 5.74) is -0.0310. The Kier molecular flexibility index (Phi) is 5.36. The van der Waals surface area contributed by atoms with E-state index in [9.17, 15) is 19.2 Å². The highest BCUT2D eigenvalue weighted by Gasteiger charge is 2.50. The number of urea groups is 1. The first-order valence-corrected chi connectivity index (χ1v) is 9.94. The van der Waals surface area contributed by atoms with Crippen molar-refractivity contribution in [2.45, 2.75) is 12.5 Å². The maximum absolute atomic E-state index is 13.3. The SMILES string of the molecule is COC(=O)c1cccc(NC(=O)CN2C(=O)NC(C)(c3cccc4ccccc34)C2=O)c1. The summed E-state index contributed by atoms with van der Waals surface area (Å²) < 4.78 is 4.67. The molecule has 1 aliphatic rings. The first kappa shape index (κ1) is 21.0. The highest BCUT2D eigenvalue weighted by Crippen LogP contribution is 2.33. The lowest BCUT2D eigenvalue weighted by molar-refractivity contribution is -0.133.